The van der Waals surface area contributed by atoms with Crippen molar-refractivity contribution in [2.45, 2.75) is 0 Å². The number of hydrogen-bond donors (Lipinski definition) is 1. The first-order valence-electron chi connectivity index (χ1n) is 5.14. The summed E-state index contributed by atoms with van der Waals surface area (Å²) in [5.74, 6) is -3.09. The van der Waals surface area contributed by atoms with E-state index in [1.807, 2.05) is 0 Å². The quantitative estimate of drug-likeness (QED) is 0.855. The molecule has 0 saturated carbocycles. The van der Waals surface area contributed by atoms with Crippen LogP contribution in [0.2, 0.25) is 0 Å². The molecule has 2 rings (SSSR count). The standard InChI is InChI=1S/C11H11F2NO3/c12-7-5-8(11(15)16)10(9(13)6-7)14-1-3-17-4-2-14/h5-6H,1-4H2,(H,15,16). The summed E-state index contributed by atoms with van der Waals surface area (Å²) in [4.78, 5) is 12.5. The Morgan fingerprint density at radius 3 is 2.53 bits per heavy atom. The molecule has 4 nitrogen and oxygen atoms in total. The SMILES string of the molecule is O=C(O)c1cc(F)cc(F)c1N1CCOCC1. The summed E-state index contributed by atoms with van der Waals surface area (Å²) in [5, 5.41) is 8.95. The number of morpholine rings is 1. The lowest BCUT2D eigenvalue weighted by Gasteiger charge is -2.30. The molecule has 0 radical (unpaired) electrons. The molecule has 0 aromatic heterocycles. The number of carboxylic acids is 1. The minimum absolute atomic E-state index is 0.0674. The van der Waals surface area contributed by atoms with Crippen LogP contribution in [0.4, 0.5) is 14.5 Å². The van der Waals surface area contributed by atoms with Gasteiger partial charge in [0.2, 0.25) is 0 Å². The molecule has 0 aliphatic carbocycles. The Labute approximate surface area is 96.4 Å². The van der Waals surface area contributed by atoms with Gasteiger partial charge < -0.3 is 14.7 Å². The molecule has 0 spiro atoms. The van der Waals surface area contributed by atoms with Gasteiger partial charge in [0.15, 0.2) is 0 Å². The molecule has 1 aromatic carbocycles. The van der Waals surface area contributed by atoms with Gasteiger partial charge in [-0.25, -0.2) is 13.6 Å². The first-order valence-corrected chi connectivity index (χ1v) is 5.14. The van der Waals surface area contributed by atoms with Crippen LogP contribution in [0.3, 0.4) is 0 Å². The van der Waals surface area contributed by atoms with Crippen LogP contribution in [-0.2, 0) is 4.74 Å². The van der Waals surface area contributed by atoms with Gasteiger partial charge in [0.05, 0.1) is 24.5 Å². The fourth-order valence-electron chi connectivity index (χ4n) is 1.84. The molecule has 1 fully saturated rings. The Hall–Kier alpha value is -1.69. The third-order valence-corrected chi connectivity index (χ3v) is 2.59. The largest absolute Gasteiger partial charge is 0.478 e. The summed E-state index contributed by atoms with van der Waals surface area (Å²) in [6, 6.07) is 1.52. The van der Waals surface area contributed by atoms with Crippen LogP contribution < -0.4 is 4.90 Å². The van der Waals surface area contributed by atoms with Crippen LogP contribution in [0.1, 0.15) is 10.4 Å². The van der Waals surface area contributed by atoms with Crippen LogP contribution >= 0.6 is 0 Å². The van der Waals surface area contributed by atoms with Gasteiger partial charge in [-0.1, -0.05) is 0 Å². The number of rotatable bonds is 2. The van der Waals surface area contributed by atoms with Gasteiger partial charge in [0, 0.05) is 19.2 Å². The second-order valence-corrected chi connectivity index (χ2v) is 3.69. The van der Waals surface area contributed by atoms with E-state index in [9.17, 15) is 13.6 Å². The Morgan fingerprint density at radius 2 is 1.94 bits per heavy atom. The van der Waals surface area contributed by atoms with E-state index in [1.165, 1.54) is 0 Å². The lowest BCUT2D eigenvalue weighted by molar-refractivity contribution is 0.0695. The van der Waals surface area contributed by atoms with Crippen LogP contribution in [0.25, 0.3) is 0 Å². The Balaban J connectivity index is 2.46. The van der Waals surface area contributed by atoms with Gasteiger partial charge in [-0.2, -0.15) is 0 Å². The predicted octanol–water partition coefficient (Wildman–Crippen LogP) is 1.50. The number of nitrogens with zero attached hydrogens (tertiary/aromatic N) is 1. The zero-order chi connectivity index (χ0) is 12.4. The number of carboxylic acid groups (broad SMARTS) is 1. The van der Waals surface area contributed by atoms with Crippen LogP contribution in [-0.4, -0.2) is 37.4 Å². The second-order valence-electron chi connectivity index (χ2n) is 3.69. The van der Waals surface area contributed by atoms with Crippen molar-refractivity contribution in [2.24, 2.45) is 0 Å². The highest BCUT2D eigenvalue weighted by Crippen LogP contribution is 2.26. The van der Waals surface area contributed by atoms with Gasteiger partial charge in [-0.15, -0.1) is 0 Å². The summed E-state index contributed by atoms with van der Waals surface area (Å²) in [7, 11) is 0. The minimum atomic E-state index is -1.34. The van der Waals surface area contributed by atoms with E-state index in [-0.39, 0.29) is 11.3 Å². The molecular formula is C11H11F2NO3. The highest BCUT2D eigenvalue weighted by atomic mass is 19.1. The lowest BCUT2D eigenvalue weighted by atomic mass is 10.1. The Bertz CT molecular complexity index is 445. The van der Waals surface area contributed by atoms with Gasteiger partial charge in [-0.05, 0) is 6.07 Å². The number of anilines is 1. The third kappa shape index (κ3) is 2.36. The van der Waals surface area contributed by atoms with Crippen molar-refractivity contribution in [3.63, 3.8) is 0 Å². The van der Waals surface area contributed by atoms with Crippen molar-refractivity contribution < 1.29 is 23.4 Å². The molecule has 0 bridgehead atoms. The zero-order valence-electron chi connectivity index (χ0n) is 8.95. The summed E-state index contributed by atoms with van der Waals surface area (Å²) >= 11 is 0. The zero-order valence-corrected chi connectivity index (χ0v) is 8.95. The van der Waals surface area contributed by atoms with Gasteiger partial charge in [-0.3, -0.25) is 0 Å². The minimum Gasteiger partial charge on any atom is -0.478 e. The first kappa shape index (κ1) is 11.8. The highest BCUT2D eigenvalue weighted by molar-refractivity contribution is 5.94. The van der Waals surface area contributed by atoms with E-state index in [4.69, 9.17) is 9.84 Å². The van der Waals surface area contributed by atoms with Crippen LogP contribution in [0.15, 0.2) is 12.1 Å². The average Bonchev–Trinajstić information content (AvgIpc) is 2.29. The summed E-state index contributed by atoms with van der Waals surface area (Å²) in [6.07, 6.45) is 0. The van der Waals surface area contributed by atoms with E-state index in [1.54, 1.807) is 4.90 Å². The maximum atomic E-state index is 13.7. The van der Waals surface area contributed by atoms with E-state index >= 15 is 0 Å². The third-order valence-electron chi connectivity index (χ3n) is 2.59. The molecule has 6 heteroatoms. The van der Waals surface area contributed by atoms with E-state index in [2.05, 4.69) is 0 Å². The van der Waals surface area contributed by atoms with E-state index < -0.39 is 17.6 Å². The Morgan fingerprint density at radius 1 is 1.29 bits per heavy atom. The van der Waals surface area contributed by atoms with E-state index in [0.717, 1.165) is 6.07 Å². The van der Waals surface area contributed by atoms with Crippen LogP contribution in [0.5, 0.6) is 0 Å². The van der Waals surface area contributed by atoms with Gasteiger partial charge in [0.25, 0.3) is 0 Å². The number of carbonyl (C=O) groups is 1. The maximum absolute atomic E-state index is 13.7. The molecule has 1 aliphatic heterocycles. The molecule has 92 valence electrons. The smallest absolute Gasteiger partial charge is 0.338 e. The van der Waals surface area contributed by atoms with Crippen molar-refractivity contribution >= 4 is 11.7 Å². The fourth-order valence-corrected chi connectivity index (χ4v) is 1.84. The molecule has 1 N–H and O–H groups in total. The fraction of sp³-hybridized carbons (Fsp3) is 0.364. The molecule has 1 aromatic rings. The lowest BCUT2D eigenvalue weighted by Crippen LogP contribution is -2.37. The summed E-state index contributed by atoms with van der Waals surface area (Å²) in [6.45, 7) is 1.58. The summed E-state index contributed by atoms with van der Waals surface area (Å²) in [5.41, 5.74) is -0.424. The van der Waals surface area contributed by atoms with Crippen molar-refractivity contribution in [3.05, 3.63) is 29.3 Å². The molecule has 0 unspecified atom stereocenters. The van der Waals surface area contributed by atoms with Crippen molar-refractivity contribution in [1.29, 1.82) is 0 Å². The monoisotopic (exact) mass is 243 g/mol. The van der Waals surface area contributed by atoms with Crippen molar-refractivity contribution in [1.82, 2.24) is 0 Å². The summed E-state index contributed by atoms with van der Waals surface area (Å²) < 4.78 is 31.8. The van der Waals surface area contributed by atoms with Gasteiger partial charge in [0.1, 0.15) is 11.6 Å². The molecule has 0 amide bonds. The number of ether oxygens (including phenoxy) is 1. The van der Waals surface area contributed by atoms with E-state index in [0.29, 0.717) is 32.4 Å². The number of hydrogen-bond acceptors (Lipinski definition) is 3. The van der Waals surface area contributed by atoms with Crippen LogP contribution in [0, 0.1) is 11.6 Å². The number of benzene rings is 1. The topological polar surface area (TPSA) is 49.8 Å². The van der Waals surface area contributed by atoms with Crippen molar-refractivity contribution in [3.8, 4) is 0 Å². The molecule has 17 heavy (non-hydrogen) atoms. The second kappa shape index (κ2) is 4.67. The Kier molecular flexibility index (Phi) is 3.23. The highest BCUT2D eigenvalue weighted by Gasteiger charge is 2.23. The number of aromatic carboxylic acids is 1. The maximum Gasteiger partial charge on any atom is 0.338 e. The normalized spacial score (nSPS) is 16.0. The van der Waals surface area contributed by atoms with Gasteiger partial charge >= 0.3 is 5.97 Å². The van der Waals surface area contributed by atoms with Crippen molar-refractivity contribution in [2.75, 3.05) is 31.2 Å². The molecule has 1 aliphatic rings. The predicted molar refractivity (Wildman–Crippen MR) is 56.3 cm³/mol. The first-order chi connectivity index (χ1) is 8.09. The molecular weight excluding hydrogens is 232 g/mol. The average molecular weight is 243 g/mol. The number of halogens is 2. The molecule has 1 heterocycles. The molecule has 0 atom stereocenters. The molecule has 1 saturated heterocycles.